The van der Waals surface area contributed by atoms with Crippen molar-refractivity contribution in [3.63, 3.8) is 0 Å². The molecule has 3 nitrogen and oxygen atoms in total. The van der Waals surface area contributed by atoms with Crippen LogP contribution in [0.15, 0.2) is 0 Å². The predicted molar refractivity (Wildman–Crippen MR) is 61.9 cm³/mol. The van der Waals surface area contributed by atoms with Crippen LogP contribution >= 0.6 is 0 Å². The number of hydrogen-bond donors (Lipinski definition) is 2. The molecule has 4 atom stereocenters. The van der Waals surface area contributed by atoms with E-state index >= 15 is 0 Å². The number of nitrogens with one attached hydrogen (secondary N) is 1. The molecule has 15 heavy (non-hydrogen) atoms. The summed E-state index contributed by atoms with van der Waals surface area (Å²) in [5.74, 6) is 0. The van der Waals surface area contributed by atoms with Crippen molar-refractivity contribution < 1.29 is 9.84 Å². The Morgan fingerprint density at radius 1 is 1.53 bits per heavy atom. The summed E-state index contributed by atoms with van der Waals surface area (Å²) in [5.41, 5.74) is 0.236. The van der Waals surface area contributed by atoms with Crippen molar-refractivity contribution in [2.75, 3.05) is 13.2 Å². The molecule has 90 valence electrons. The molecule has 1 aliphatic rings. The number of hydrogen-bond acceptors (Lipinski definition) is 3. The summed E-state index contributed by atoms with van der Waals surface area (Å²) in [4.78, 5) is 0. The summed E-state index contributed by atoms with van der Waals surface area (Å²) >= 11 is 0. The second kappa shape index (κ2) is 5.28. The molecule has 0 amide bonds. The lowest BCUT2D eigenvalue weighted by Crippen LogP contribution is -2.63. The fourth-order valence-corrected chi connectivity index (χ4v) is 2.40. The lowest BCUT2D eigenvalue weighted by Gasteiger charge is -2.54. The Kier molecular flexibility index (Phi) is 4.56. The molecular weight excluding hydrogens is 190 g/mol. The fraction of sp³-hybridized carbons (Fsp3) is 1.00. The molecule has 0 aromatic carbocycles. The second-order valence-corrected chi connectivity index (χ2v) is 4.84. The molecule has 0 aliphatic heterocycles. The van der Waals surface area contributed by atoms with Crippen LogP contribution in [0.1, 0.15) is 40.5 Å². The smallest absolute Gasteiger partial charge is 0.0658 e. The third-order valence-electron chi connectivity index (χ3n) is 3.87. The van der Waals surface area contributed by atoms with Crippen molar-refractivity contribution >= 4 is 0 Å². The normalized spacial score (nSPS) is 37.4. The fourth-order valence-electron chi connectivity index (χ4n) is 2.40. The highest BCUT2D eigenvalue weighted by Crippen LogP contribution is 2.45. The Hall–Kier alpha value is -0.120. The van der Waals surface area contributed by atoms with Crippen molar-refractivity contribution in [1.29, 1.82) is 0 Å². The number of rotatable bonds is 6. The molecule has 1 aliphatic carbocycles. The van der Waals surface area contributed by atoms with Crippen LogP contribution in [0.4, 0.5) is 0 Å². The lowest BCUT2D eigenvalue weighted by molar-refractivity contribution is -0.128. The van der Waals surface area contributed by atoms with E-state index in [4.69, 9.17) is 9.84 Å². The SMILES string of the molecule is CCOC1CC(NC(C)CO)C1(C)CC. The van der Waals surface area contributed by atoms with Gasteiger partial charge in [0.05, 0.1) is 12.7 Å². The van der Waals surface area contributed by atoms with E-state index in [-0.39, 0.29) is 18.1 Å². The van der Waals surface area contributed by atoms with Gasteiger partial charge in [0, 0.05) is 24.1 Å². The zero-order chi connectivity index (χ0) is 11.5. The molecule has 3 heteroatoms. The molecule has 4 unspecified atom stereocenters. The van der Waals surface area contributed by atoms with E-state index in [1.807, 2.05) is 13.8 Å². The quantitative estimate of drug-likeness (QED) is 0.706. The largest absolute Gasteiger partial charge is 0.395 e. The van der Waals surface area contributed by atoms with Crippen LogP contribution in [0.5, 0.6) is 0 Å². The molecule has 0 aromatic heterocycles. The summed E-state index contributed by atoms with van der Waals surface area (Å²) in [6.07, 6.45) is 2.58. The highest BCUT2D eigenvalue weighted by molar-refractivity contribution is 5.05. The summed E-state index contributed by atoms with van der Waals surface area (Å²) in [7, 11) is 0. The summed E-state index contributed by atoms with van der Waals surface area (Å²) in [6.45, 7) is 9.55. The van der Waals surface area contributed by atoms with Gasteiger partial charge in [-0.3, -0.25) is 0 Å². The Balaban J connectivity index is 2.49. The lowest BCUT2D eigenvalue weighted by atomic mass is 9.61. The van der Waals surface area contributed by atoms with Crippen molar-refractivity contribution in [2.24, 2.45) is 5.41 Å². The average molecular weight is 215 g/mol. The monoisotopic (exact) mass is 215 g/mol. The van der Waals surface area contributed by atoms with Gasteiger partial charge in [-0.2, -0.15) is 0 Å². The van der Waals surface area contributed by atoms with Crippen molar-refractivity contribution in [3.8, 4) is 0 Å². The van der Waals surface area contributed by atoms with E-state index in [9.17, 15) is 0 Å². The zero-order valence-electron chi connectivity index (χ0n) is 10.4. The molecular formula is C12H25NO2. The molecule has 0 heterocycles. The molecule has 0 aromatic rings. The Morgan fingerprint density at radius 3 is 2.67 bits per heavy atom. The van der Waals surface area contributed by atoms with Gasteiger partial charge in [0.25, 0.3) is 0 Å². The average Bonchev–Trinajstić information content (AvgIpc) is 2.26. The summed E-state index contributed by atoms with van der Waals surface area (Å²) in [5, 5.41) is 12.5. The molecule has 0 bridgehead atoms. The van der Waals surface area contributed by atoms with Crippen LogP contribution in [-0.4, -0.2) is 36.5 Å². The summed E-state index contributed by atoms with van der Waals surface area (Å²) in [6, 6.07) is 0.671. The van der Waals surface area contributed by atoms with Crippen LogP contribution in [-0.2, 0) is 4.74 Å². The van der Waals surface area contributed by atoms with Gasteiger partial charge in [-0.25, -0.2) is 0 Å². The number of ether oxygens (including phenoxy) is 1. The van der Waals surface area contributed by atoms with Crippen LogP contribution < -0.4 is 5.32 Å². The topological polar surface area (TPSA) is 41.5 Å². The van der Waals surface area contributed by atoms with Crippen molar-refractivity contribution in [3.05, 3.63) is 0 Å². The van der Waals surface area contributed by atoms with Gasteiger partial charge in [-0.1, -0.05) is 13.8 Å². The van der Waals surface area contributed by atoms with Crippen LogP contribution in [0.3, 0.4) is 0 Å². The molecule has 0 saturated heterocycles. The molecule has 0 spiro atoms. The van der Waals surface area contributed by atoms with Crippen molar-refractivity contribution in [1.82, 2.24) is 5.32 Å². The van der Waals surface area contributed by atoms with Gasteiger partial charge < -0.3 is 15.2 Å². The maximum Gasteiger partial charge on any atom is 0.0658 e. The Bertz CT molecular complexity index is 198. The summed E-state index contributed by atoms with van der Waals surface area (Å²) < 4.78 is 5.73. The Labute approximate surface area is 93.2 Å². The first-order valence-electron chi connectivity index (χ1n) is 6.07. The third-order valence-corrected chi connectivity index (χ3v) is 3.87. The van der Waals surface area contributed by atoms with Gasteiger partial charge in [0.15, 0.2) is 0 Å². The molecule has 1 rings (SSSR count). The van der Waals surface area contributed by atoms with Crippen molar-refractivity contribution in [2.45, 2.75) is 58.7 Å². The molecule has 1 fully saturated rings. The van der Waals surface area contributed by atoms with Crippen LogP contribution in [0, 0.1) is 5.41 Å². The maximum atomic E-state index is 9.02. The van der Waals surface area contributed by atoms with E-state index in [1.54, 1.807) is 0 Å². The highest BCUT2D eigenvalue weighted by Gasteiger charge is 2.51. The standard InChI is InChI=1S/C12H25NO2/c1-5-12(4)10(13-9(3)8-14)7-11(12)15-6-2/h9-11,13-14H,5-8H2,1-4H3. The highest BCUT2D eigenvalue weighted by atomic mass is 16.5. The van der Waals surface area contributed by atoms with E-state index < -0.39 is 0 Å². The van der Waals surface area contributed by atoms with Gasteiger partial charge in [0.1, 0.15) is 0 Å². The minimum atomic E-state index is 0.184. The van der Waals surface area contributed by atoms with Gasteiger partial charge in [-0.05, 0) is 26.7 Å². The minimum absolute atomic E-state index is 0.184. The van der Waals surface area contributed by atoms with E-state index in [1.165, 1.54) is 0 Å². The van der Waals surface area contributed by atoms with Crippen LogP contribution in [0.2, 0.25) is 0 Å². The minimum Gasteiger partial charge on any atom is -0.395 e. The first-order valence-corrected chi connectivity index (χ1v) is 6.07. The number of aliphatic hydroxyl groups excluding tert-OH is 1. The van der Waals surface area contributed by atoms with E-state index in [0.29, 0.717) is 12.1 Å². The molecule has 2 N–H and O–H groups in total. The molecule has 0 radical (unpaired) electrons. The van der Waals surface area contributed by atoms with E-state index in [2.05, 4.69) is 19.2 Å². The maximum absolute atomic E-state index is 9.02. The first-order chi connectivity index (χ1) is 7.08. The second-order valence-electron chi connectivity index (χ2n) is 4.84. The first kappa shape index (κ1) is 12.9. The van der Waals surface area contributed by atoms with E-state index in [0.717, 1.165) is 19.4 Å². The Morgan fingerprint density at radius 2 is 2.20 bits per heavy atom. The zero-order valence-corrected chi connectivity index (χ0v) is 10.4. The number of aliphatic hydroxyl groups is 1. The van der Waals surface area contributed by atoms with Gasteiger partial charge in [-0.15, -0.1) is 0 Å². The van der Waals surface area contributed by atoms with Crippen LogP contribution in [0.25, 0.3) is 0 Å². The predicted octanol–water partition coefficient (Wildman–Crippen LogP) is 1.55. The molecule has 1 saturated carbocycles. The van der Waals surface area contributed by atoms with Gasteiger partial charge in [0.2, 0.25) is 0 Å². The third kappa shape index (κ3) is 2.52. The van der Waals surface area contributed by atoms with Gasteiger partial charge >= 0.3 is 0 Å².